The molecule has 0 aromatic carbocycles. The van der Waals surface area contributed by atoms with Crippen LogP contribution in [0, 0.1) is 0 Å². The van der Waals surface area contributed by atoms with Gasteiger partial charge in [-0.05, 0) is 12.5 Å². The Morgan fingerprint density at radius 2 is 1.50 bits per heavy atom. The number of methoxy groups -OCH3 is 3. The zero-order valence-electron chi connectivity index (χ0n) is 7.93. The van der Waals surface area contributed by atoms with Crippen molar-refractivity contribution in [3.63, 3.8) is 0 Å². The Labute approximate surface area is 72.6 Å². The molecular weight excluding hydrogens is 156 g/mol. The molecule has 3 nitrogen and oxygen atoms in total. The van der Waals surface area contributed by atoms with Crippen molar-refractivity contribution in [1.29, 1.82) is 0 Å². The summed E-state index contributed by atoms with van der Waals surface area (Å²) in [6.45, 7) is 2.00. The molecule has 1 aliphatic rings. The van der Waals surface area contributed by atoms with E-state index in [1.807, 2.05) is 6.92 Å². The first-order valence-corrected chi connectivity index (χ1v) is 3.79. The van der Waals surface area contributed by atoms with Crippen LogP contribution in [0.2, 0.25) is 0 Å². The van der Waals surface area contributed by atoms with Crippen molar-refractivity contribution in [2.45, 2.75) is 13.3 Å². The number of rotatable bonds is 3. The normalized spacial score (nSPS) is 17.0. The van der Waals surface area contributed by atoms with Gasteiger partial charge in [-0.25, -0.2) is 0 Å². The molecule has 0 heterocycles. The lowest BCUT2D eigenvalue weighted by Gasteiger charge is -2.07. The monoisotopic (exact) mass is 170 g/mol. The average Bonchev–Trinajstić information content (AvgIpc) is 2.40. The van der Waals surface area contributed by atoms with Crippen molar-refractivity contribution in [3.8, 4) is 0 Å². The first-order valence-electron chi connectivity index (χ1n) is 3.79. The lowest BCUT2D eigenvalue weighted by atomic mass is 10.2. The van der Waals surface area contributed by atoms with Crippen LogP contribution in [0.3, 0.4) is 0 Å². The zero-order valence-corrected chi connectivity index (χ0v) is 7.93. The maximum atomic E-state index is 5.18. The maximum Gasteiger partial charge on any atom is 0.199 e. The minimum Gasteiger partial charge on any atom is -0.497 e. The second kappa shape index (κ2) is 3.52. The van der Waals surface area contributed by atoms with E-state index in [0.717, 1.165) is 29.3 Å². The third kappa shape index (κ3) is 1.26. The van der Waals surface area contributed by atoms with E-state index in [2.05, 4.69) is 0 Å². The molecule has 0 saturated carbocycles. The Hall–Kier alpha value is -1.12. The lowest BCUT2D eigenvalue weighted by Crippen LogP contribution is -1.95. The molecule has 0 saturated heterocycles. The van der Waals surface area contributed by atoms with Crippen molar-refractivity contribution in [3.05, 3.63) is 22.9 Å². The quantitative estimate of drug-likeness (QED) is 0.646. The molecule has 0 unspecified atom stereocenters. The maximum absolute atomic E-state index is 5.18. The molecule has 0 aliphatic heterocycles. The van der Waals surface area contributed by atoms with Crippen molar-refractivity contribution in [1.82, 2.24) is 0 Å². The third-order valence-electron chi connectivity index (χ3n) is 1.93. The van der Waals surface area contributed by atoms with Crippen LogP contribution in [-0.2, 0) is 14.2 Å². The van der Waals surface area contributed by atoms with Crippen LogP contribution in [0.1, 0.15) is 13.3 Å². The standard InChI is InChI=1S/C9H14O3/c1-6-5-7(10-2)9(12-4)8(6)11-3/h5H2,1-4H3. The van der Waals surface area contributed by atoms with Crippen LogP contribution < -0.4 is 0 Å². The van der Waals surface area contributed by atoms with Gasteiger partial charge in [0.2, 0.25) is 0 Å². The fraction of sp³-hybridized carbons (Fsp3) is 0.556. The predicted octanol–water partition coefficient (Wildman–Crippen LogP) is 1.81. The highest BCUT2D eigenvalue weighted by Crippen LogP contribution is 2.32. The summed E-state index contributed by atoms with van der Waals surface area (Å²) in [5.41, 5.74) is 1.14. The van der Waals surface area contributed by atoms with Crippen LogP contribution in [0.4, 0.5) is 0 Å². The van der Waals surface area contributed by atoms with E-state index in [-0.39, 0.29) is 0 Å². The summed E-state index contributed by atoms with van der Waals surface area (Å²) in [6.07, 6.45) is 0.781. The van der Waals surface area contributed by atoms with Gasteiger partial charge < -0.3 is 14.2 Å². The average molecular weight is 170 g/mol. The van der Waals surface area contributed by atoms with Crippen LogP contribution in [0.5, 0.6) is 0 Å². The second-order valence-electron chi connectivity index (χ2n) is 2.65. The molecule has 1 rings (SSSR count). The minimum atomic E-state index is 0.720. The van der Waals surface area contributed by atoms with Crippen LogP contribution in [0.15, 0.2) is 22.9 Å². The Balaban J connectivity index is 2.94. The van der Waals surface area contributed by atoms with E-state index >= 15 is 0 Å². The molecule has 0 spiro atoms. The Kier molecular flexibility index (Phi) is 2.63. The molecule has 12 heavy (non-hydrogen) atoms. The minimum absolute atomic E-state index is 0.720. The molecule has 0 atom stereocenters. The smallest absolute Gasteiger partial charge is 0.199 e. The summed E-state index contributed by atoms with van der Waals surface area (Å²) in [5, 5.41) is 0. The molecule has 0 N–H and O–H groups in total. The number of allylic oxidation sites excluding steroid dienone is 1. The molecule has 0 radical (unpaired) electrons. The summed E-state index contributed by atoms with van der Waals surface area (Å²) in [4.78, 5) is 0. The highest BCUT2D eigenvalue weighted by molar-refractivity contribution is 5.37. The van der Waals surface area contributed by atoms with E-state index in [0.29, 0.717) is 0 Å². The summed E-state index contributed by atoms with van der Waals surface area (Å²) in [5.74, 6) is 2.36. The van der Waals surface area contributed by atoms with Gasteiger partial charge in [0.15, 0.2) is 11.5 Å². The van der Waals surface area contributed by atoms with Crippen molar-refractivity contribution in [2.24, 2.45) is 0 Å². The summed E-state index contributed by atoms with van der Waals surface area (Å²) >= 11 is 0. The molecule has 0 bridgehead atoms. The van der Waals surface area contributed by atoms with E-state index in [1.165, 1.54) is 0 Å². The van der Waals surface area contributed by atoms with Crippen LogP contribution >= 0.6 is 0 Å². The van der Waals surface area contributed by atoms with Gasteiger partial charge in [0.25, 0.3) is 0 Å². The largest absolute Gasteiger partial charge is 0.497 e. The van der Waals surface area contributed by atoms with Crippen LogP contribution in [-0.4, -0.2) is 21.3 Å². The van der Waals surface area contributed by atoms with Crippen molar-refractivity contribution in [2.75, 3.05) is 21.3 Å². The van der Waals surface area contributed by atoms with Gasteiger partial charge in [0.1, 0.15) is 5.76 Å². The van der Waals surface area contributed by atoms with Gasteiger partial charge in [-0.15, -0.1) is 0 Å². The Bertz CT molecular complexity index is 238. The van der Waals surface area contributed by atoms with E-state index in [9.17, 15) is 0 Å². The summed E-state index contributed by atoms with van der Waals surface area (Å²) in [7, 11) is 4.89. The third-order valence-corrected chi connectivity index (χ3v) is 1.93. The second-order valence-corrected chi connectivity index (χ2v) is 2.65. The van der Waals surface area contributed by atoms with Crippen LogP contribution in [0.25, 0.3) is 0 Å². The van der Waals surface area contributed by atoms with Gasteiger partial charge in [-0.2, -0.15) is 0 Å². The van der Waals surface area contributed by atoms with E-state index < -0.39 is 0 Å². The van der Waals surface area contributed by atoms with E-state index in [1.54, 1.807) is 21.3 Å². The molecule has 1 aliphatic carbocycles. The highest BCUT2D eigenvalue weighted by Gasteiger charge is 2.24. The molecular formula is C9H14O3. The zero-order chi connectivity index (χ0) is 9.14. The van der Waals surface area contributed by atoms with Gasteiger partial charge >= 0.3 is 0 Å². The Morgan fingerprint density at radius 1 is 0.917 bits per heavy atom. The van der Waals surface area contributed by atoms with Gasteiger partial charge in [-0.3, -0.25) is 0 Å². The molecule has 0 amide bonds. The fourth-order valence-electron chi connectivity index (χ4n) is 1.36. The van der Waals surface area contributed by atoms with Gasteiger partial charge in [0.05, 0.1) is 21.3 Å². The molecule has 0 aromatic heterocycles. The molecule has 0 fully saturated rings. The topological polar surface area (TPSA) is 27.7 Å². The highest BCUT2D eigenvalue weighted by atomic mass is 16.5. The lowest BCUT2D eigenvalue weighted by molar-refractivity contribution is 0.193. The predicted molar refractivity (Wildman–Crippen MR) is 45.4 cm³/mol. The first-order chi connectivity index (χ1) is 5.74. The van der Waals surface area contributed by atoms with E-state index in [4.69, 9.17) is 14.2 Å². The SMILES string of the molecule is COC1=C(OC)C(OC)=C(C)C1. The first kappa shape index (κ1) is 8.97. The number of ether oxygens (including phenoxy) is 3. The summed E-state index contributed by atoms with van der Waals surface area (Å²) in [6, 6.07) is 0. The molecule has 68 valence electrons. The molecule has 0 aromatic rings. The van der Waals surface area contributed by atoms with Gasteiger partial charge in [-0.1, -0.05) is 0 Å². The molecule has 3 heteroatoms. The summed E-state index contributed by atoms with van der Waals surface area (Å²) < 4.78 is 15.5. The number of hydrogen-bond donors (Lipinski definition) is 0. The van der Waals surface area contributed by atoms with Gasteiger partial charge in [0, 0.05) is 6.42 Å². The van der Waals surface area contributed by atoms with Crippen molar-refractivity contribution < 1.29 is 14.2 Å². The Morgan fingerprint density at radius 3 is 1.92 bits per heavy atom. The number of hydrogen-bond acceptors (Lipinski definition) is 3. The fourth-order valence-corrected chi connectivity index (χ4v) is 1.36. The van der Waals surface area contributed by atoms with Crippen molar-refractivity contribution >= 4 is 0 Å².